The minimum atomic E-state index is -3.56. The van der Waals surface area contributed by atoms with E-state index in [1.54, 1.807) is 4.90 Å². The van der Waals surface area contributed by atoms with Crippen LogP contribution in [0.1, 0.15) is 54.9 Å². The van der Waals surface area contributed by atoms with Gasteiger partial charge in [0.1, 0.15) is 6.04 Å². The Balaban J connectivity index is 1.86. The van der Waals surface area contributed by atoms with E-state index in [9.17, 15) is 18.0 Å². The van der Waals surface area contributed by atoms with Crippen molar-refractivity contribution in [2.45, 2.75) is 65.5 Å². The molecule has 0 radical (unpaired) electrons. The van der Waals surface area contributed by atoms with Crippen molar-refractivity contribution in [3.8, 4) is 0 Å². The second-order valence-electron chi connectivity index (χ2n) is 10.6. The lowest BCUT2D eigenvalue weighted by atomic mass is 10.0. The first-order valence-electron chi connectivity index (χ1n) is 14.3. The summed E-state index contributed by atoms with van der Waals surface area (Å²) in [5.74, 6) is -0.367. The summed E-state index contributed by atoms with van der Waals surface area (Å²) in [5, 5.41) is 3.03. The van der Waals surface area contributed by atoms with Crippen molar-refractivity contribution in [3.63, 3.8) is 0 Å². The van der Waals surface area contributed by atoms with Gasteiger partial charge in [0, 0.05) is 32.5 Å². The first kappa shape index (κ1) is 31.9. The van der Waals surface area contributed by atoms with E-state index in [0.29, 0.717) is 25.1 Å². The number of aryl methyl sites for hydroxylation is 2. The first-order valence-corrected chi connectivity index (χ1v) is 16.1. The Hall–Kier alpha value is -3.65. The second-order valence-corrected chi connectivity index (χ2v) is 12.5. The molecule has 3 aromatic carbocycles. The minimum Gasteiger partial charge on any atom is -0.354 e. The van der Waals surface area contributed by atoms with Gasteiger partial charge in [-0.1, -0.05) is 80.1 Å². The minimum absolute atomic E-state index is 0.108. The normalized spacial score (nSPS) is 12.0. The van der Waals surface area contributed by atoms with Gasteiger partial charge < -0.3 is 10.2 Å². The van der Waals surface area contributed by atoms with Crippen LogP contribution >= 0.6 is 0 Å². The van der Waals surface area contributed by atoms with Gasteiger partial charge >= 0.3 is 0 Å². The average molecular weight is 578 g/mol. The SMILES string of the molecule is CCCCNC(=O)C(Cc1ccccc1)N(Cc1ccccc1)C(=O)CCCN(c1cc(C)cc(C)c1)S(C)(=O)=O. The van der Waals surface area contributed by atoms with Gasteiger partial charge in [0.05, 0.1) is 11.9 Å². The van der Waals surface area contributed by atoms with E-state index in [2.05, 4.69) is 12.2 Å². The van der Waals surface area contributed by atoms with Crippen LogP contribution in [0.15, 0.2) is 78.9 Å². The molecule has 0 aromatic heterocycles. The monoisotopic (exact) mass is 577 g/mol. The van der Waals surface area contributed by atoms with E-state index >= 15 is 0 Å². The number of carbonyl (C=O) groups is 2. The summed E-state index contributed by atoms with van der Waals surface area (Å²) in [7, 11) is -3.56. The first-order chi connectivity index (χ1) is 19.6. The molecule has 0 bridgehead atoms. The topological polar surface area (TPSA) is 86.8 Å². The number of nitrogens with zero attached hydrogens (tertiary/aromatic N) is 2. The number of rotatable bonds is 15. The van der Waals surface area contributed by atoms with Crippen LogP contribution < -0.4 is 9.62 Å². The van der Waals surface area contributed by atoms with Crippen molar-refractivity contribution in [2.24, 2.45) is 0 Å². The Morgan fingerprint density at radius 1 is 0.854 bits per heavy atom. The largest absolute Gasteiger partial charge is 0.354 e. The highest BCUT2D eigenvalue weighted by Gasteiger charge is 2.30. The zero-order valence-electron chi connectivity index (χ0n) is 24.7. The molecule has 1 unspecified atom stereocenters. The number of benzene rings is 3. The van der Waals surface area contributed by atoms with Crippen LogP contribution in [0.3, 0.4) is 0 Å². The predicted molar refractivity (Wildman–Crippen MR) is 166 cm³/mol. The van der Waals surface area contributed by atoms with Crippen LogP contribution in [0, 0.1) is 13.8 Å². The molecule has 7 nitrogen and oxygen atoms in total. The molecule has 8 heteroatoms. The summed E-state index contributed by atoms with van der Waals surface area (Å²) in [5.41, 5.74) is 4.42. The summed E-state index contributed by atoms with van der Waals surface area (Å²) in [6, 6.07) is 24.3. The number of carbonyl (C=O) groups excluding carboxylic acids is 2. The van der Waals surface area contributed by atoms with E-state index in [1.165, 1.54) is 10.6 Å². The Labute approximate surface area is 245 Å². The molecule has 3 aromatic rings. The zero-order valence-corrected chi connectivity index (χ0v) is 25.5. The summed E-state index contributed by atoms with van der Waals surface area (Å²) in [6.45, 7) is 6.93. The molecule has 41 heavy (non-hydrogen) atoms. The number of amides is 2. The summed E-state index contributed by atoms with van der Waals surface area (Å²) < 4.78 is 26.8. The number of unbranched alkanes of at least 4 members (excludes halogenated alkanes) is 1. The number of sulfonamides is 1. The Kier molecular flexibility index (Phi) is 12.0. The van der Waals surface area contributed by atoms with Crippen molar-refractivity contribution in [1.82, 2.24) is 10.2 Å². The Bertz CT molecular complexity index is 1360. The molecule has 1 atom stereocenters. The van der Waals surface area contributed by atoms with Gasteiger partial charge in [-0.3, -0.25) is 13.9 Å². The molecule has 3 rings (SSSR count). The molecule has 0 aliphatic rings. The van der Waals surface area contributed by atoms with E-state index in [-0.39, 0.29) is 31.3 Å². The lowest BCUT2D eigenvalue weighted by molar-refractivity contribution is -0.141. The second kappa shape index (κ2) is 15.4. The fourth-order valence-corrected chi connectivity index (χ4v) is 5.89. The van der Waals surface area contributed by atoms with Crippen molar-refractivity contribution >= 4 is 27.5 Å². The maximum atomic E-state index is 13.9. The molecule has 0 saturated carbocycles. The van der Waals surface area contributed by atoms with Gasteiger partial charge in [-0.2, -0.15) is 0 Å². The molecule has 220 valence electrons. The third kappa shape index (κ3) is 10.0. The highest BCUT2D eigenvalue weighted by Crippen LogP contribution is 2.23. The van der Waals surface area contributed by atoms with Crippen LogP contribution in [-0.4, -0.2) is 50.5 Å². The summed E-state index contributed by atoms with van der Waals surface area (Å²) in [4.78, 5) is 29.1. The van der Waals surface area contributed by atoms with Crippen LogP contribution in [0.2, 0.25) is 0 Å². The molecule has 0 saturated heterocycles. The summed E-state index contributed by atoms with van der Waals surface area (Å²) >= 11 is 0. The lowest BCUT2D eigenvalue weighted by Gasteiger charge is -2.32. The molecule has 0 fully saturated rings. The number of nitrogens with one attached hydrogen (secondary N) is 1. The molecular weight excluding hydrogens is 534 g/mol. The summed E-state index contributed by atoms with van der Waals surface area (Å²) in [6.07, 6.45) is 3.81. The smallest absolute Gasteiger partial charge is 0.243 e. The van der Waals surface area contributed by atoms with E-state index in [4.69, 9.17) is 0 Å². The highest BCUT2D eigenvalue weighted by atomic mass is 32.2. The molecule has 2 amide bonds. The van der Waals surface area contributed by atoms with Crippen molar-refractivity contribution in [1.29, 1.82) is 0 Å². The van der Waals surface area contributed by atoms with E-state index in [0.717, 1.165) is 35.1 Å². The zero-order chi connectivity index (χ0) is 29.8. The van der Waals surface area contributed by atoms with Gasteiger partial charge in [-0.15, -0.1) is 0 Å². The number of hydrogen-bond acceptors (Lipinski definition) is 4. The molecule has 0 aliphatic heterocycles. The Morgan fingerprint density at radius 3 is 2.00 bits per heavy atom. The molecule has 0 spiro atoms. The van der Waals surface area contributed by atoms with Crippen molar-refractivity contribution in [2.75, 3.05) is 23.7 Å². The number of anilines is 1. The highest BCUT2D eigenvalue weighted by molar-refractivity contribution is 7.92. The molecule has 0 aliphatic carbocycles. The van der Waals surface area contributed by atoms with Gasteiger partial charge in [0.25, 0.3) is 0 Å². The van der Waals surface area contributed by atoms with Gasteiger partial charge in [-0.25, -0.2) is 8.42 Å². The maximum Gasteiger partial charge on any atom is 0.243 e. The van der Waals surface area contributed by atoms with E-state index in [1.807, 2.05) is 92.7 Å². The Morgan fingerprint density at radius 2 is 1.44 bits per heavy atom. The van der Waals surface area contributed by atoms with Crippen LogP contribution in [0.5, 0.6) is 0 Å². The molecule has 0 heterocycles. The predicted octanol–water partition coefficient (Wildman–Crippen LogP) is 5.41. The van der Waals surface area contributed by atoms with Gasteiger partial charge in [0.15, 0.2) is 0 Å². The van der Waals surface area contributed by atoms with Crippen LogP contribution in [0.25, 0.3) is 0 Å². The maximum absolute atomic E-state index is 13.9. The van der Waals surface area contributed by atoms with Gasteiger partial charge in [-0.05, 0) is 61.1 Å². The van der Waals surface area contributed by atoms with Gasteiger partial charge in [0.2, 0.25) is 21.8 Å². The standard InChI is InChI=1S/C33H43N3O4S/c1-5-6-19-34-33(38)31(24-28-14-9-7-10-15-28)35(25-29-16-11-8-12-17-29)32(37)18-13-20-36(41(4,39)40)30-22-26(2)21-27(3)23-30/h7-12,14-17,21-23,31H,5-6,13,18-20,24-25H2,1-4H3,(H,34,38). The van der Waals surface area contributed by atoms with E-state index < -0.39 is 16.1 Å². The quantitative estimate of drug-likeness (QED) is 0.245. The van der Waals surface area contributed by atoms with Crippen LogP contribution in [-0.2, 0) is 32.6 Å². The third-order valence-corrected chi connectivity index (χ3v) is 8.14. The van der Waals surface area contributed by atoms with Crippen LogP contribution in [0.4, 0.5) is 5.69 Å². The fourth-order valence-electron chi connectivity index (χ4n) is 4.94. The fraction of sp³-hybridized carbons (Fsp3) is 0.394. The lowest BCUT2D eigenvalue weighted by Crippen LogP contribution is -2.50. The number of hydrogen-bond donors (Lipinski definition) is 1. The average Bonchev–Trinajstić information content (AvgIpc) is 2.93. The van der Waals surface area contributed by atoms with Crippen molar-refractivity contribution in [3.05, 3.63) is 101 Å². The third-order valence-electron chi connectivity index (χ3n) is 6.94. The molecular formula is C33H43N3O4S. The van der Waals surface area contributed by atoms with Crippen molar-refractivity contribution < 1.29 is 18.0 Å². The molecule has 1 N–H and O–H groups in total.